The summed E-state index contributed by atoms with van der Waals surface area (Å²) in [6, 6.07) is 8.59. The van der Waals surface area contributed by atoms with Crippen molar-refractivity contribution in [1.82, 2.24) is 9.80 Å². The Bertz CT molecular complexity index is 399. The van der Waals surface area contributed by atoms with Crippen molar-refractivity contribution in [2.75, 3.05) is 45.9 Å². The lowest BCUT2D eigenvalue weighted by molar-refractivity contribution is 0.126. The third-order valence-electron chi connectivity index (χ3n) is 4.24. The van der Waals surface area contributed by atoms with Crippen molar-refractivity contribution in [3.63, 3.8) is 0 Å². The fraction of sp³-hybridized carbons (Fsp3) is 0.667. The Kier molecular flexibility index (Phi) is 7.71. The second-order valence-electron chi connectivity index (χ2n) is 6.11. The van der Waals surface area contributed by atoms with Crippen molar-refractivity contribution in [2.45, 2.75) is 32.7 Å². The molecule has 1 saturated heterocycles. The van der Waals surface area contributed by atoms with Crippen LogP contribution >= 0.6 is 0 Å². The van der Waals surface area contributed by atoms with Gasteiger partial charge >= 0.3 is 0 Å². The maximum Gasteiger partial charge on any atom is 0.119 e. The number of hydrogen-bond acceptors (Lipinski definition) is 4. The topological polar surface area (TPSA) is 41.7 Å². The molecule has 1 aliphatic rings. The molecule has 0 radical (unpaired) electrons. The molecule has 1 aliphatic heterocycles. The van der Waals surface area contributed by atoms with E-state index in [0.29, 0.717) is 0 Å². The van der Waals surface area contributed by atoms with Crippen LogP contribution in [0.15, 0.2) is 24.3 Å². The minimum atomic E-state index is 0.799. The van der Waals surface area contributed by atoms with Crippen molar-refractivity contribution in [1.29, 1.82) is 0 Å². The van der Waals surface area contributed by atoms with Crippen LogP contribution in [0.2, 0.25) is 0 Å². The van der Waals surface area contributed by atoms with E-state index >= 15 is 0 Å². The summed E-state index contributed by atoms with van der Waals surface area (Å²) in [4.78, 5) is 5.06. The van der Waals surface area contributed by atoms with Gasteiger partial charge in [0, 0.05) is 32.7 Å². The van der Waals surface area contributed by atoms with Crippen LogP contribution in [0.4, 0.5) is 0 Å². The van der Waals surface area contributed by atoms with E-state index in [-0.39, 0.29) is 0 Å². The Morgan fingerprint density at radius 3 is 2.32 bits per heavy atom. The van der Waals surface area contributed by atoms with Gasteiger partial charge in [-0.1, -0.05) is 25.5 Å². The monoisotopic (exact) mass is 305 g/mol. The first-order chi connectivity index (χ1) is 10.8. The van der Waals surface area contributed by atoms with Gasteiger partial charge in [-0.25, -0.2) is 0 Å². The predicted octanol–water partition coefficient (Wildman–Crippen LogP) is 2.33. The van der Waals surface area contributed by atoms with E-state index in [2.05, 4.69) is 41.0 Å². The Hall–Kier alpha value is -1.10. The van der Waals surface area contributed by atoms with Gasteiger partial charge in [-0.2, -0.15) is 0 Å². The van der Waals surface area contributed by atoms with Gasteiger partial charge < -0.3 is 15.4 Å². The van der Waals surface area contributed by atoms with Crippen molar-refractivity contribution in [3.05, 3.63) is 29.8 Å². The predicted molar refractivity (Wildman–Crippen MR) is 92.2 cm³/mol. The Balaban J connectivity index is 1.70. The highest BCUT2D eigenvalue weighted by molar-refractivity contribution is 5.27. The fourth-order valence-electron chi connectivity index (χ4n) is 2.77. The summed E-state index contributed by atoms with van der Waals surface area (Å²) >= 11 is 0. The molecule has 0 unspecified atom stereocenters. The fourth-order valence-corrected chi connectivity index (χ4v) is 2.77. The molecule has 0 saturated carbocycles. The third-order valence-corrected chi connectivity index (χ3v) is 4.24. The highest BCUT2D eigenvalue weighted by Gasteiger charge is 2.16. The van der Waals surface area contributed by atoms with Gasteiger partial charge in [0.25, 0.3) is 0 Å². The standard InChI is InChI=1S/C18H31N3O/c1-2-3-15-22-18-7-5-17(6-8-18)16-21-13-11-20(12-14-21)10-4-9-19/h5-8H,2-4,9-16,19H2,1H3. The minimum Gasteiger partial charge on any atom is -0.494 e. The van der Waals surface area contributed by atoms with E-state index in [1.54, 1.807) is 0 Å². The SMILES string of the molecule is CCCCOc1ccc(CN2CCN(CCCN)CC2)cc1. The summed E-state index contributed by atoms with van der Waals surface area (Å²) in [5.41, 5.74) is 6.95. The summed E-state index contributed by atoms with van der Waals surface area (Å²) in [7, 11) is 0. The molecule has 22 heavy (non-hydrogen) atoms. The van der Waals surface area contributed by atoms with Crippen LogP contribution in [0.5, 0.6) is 5.75 Å². The lowest BCUT2D eigenvalue weighted by Crippen LogP contribution is -2.46. The van der Waals surface area contributed by atoms with Gasteiger partial charge in [-0.05, 0) is 43.6 Å². The van der Waals surface area contributed by atoms with Crippen LogP contribution in [-0.2, 0) is 6.54 Å². The van der Waals surface area contributed by atoms with E-state index in [4.69, 9.17) is 10.5 Å². The van der Waals surface area contributed by atoms with Crippen molar-refractivity contribution in [2.24, 2.45) is 5.73 Å². The molecule has 124 valence electrons. The average molecular weight is 305 g/mol. The van der Waals surface area contributed by atoms with Gasteiger partial charge in [0.15, 0.2) is 0 Å². The zero-order valence-corrected chi connectivity index (χ0v) is 14.0. The summed E-state index contributed by atoms with van der Waals surface area (Å²) in [6.45, 7) is 10.6. The van der Waals surface area contributed by atoms with Gasteiger partial charge in [0.05, 0.1) is 6.61 Å². The molecule has 1 aromatic rings. The van der Waals surface area contributed by atoms with E-state index in [9.17, 15) is 0 Å². The highest BCUT2D eigenvalue weighted by atomic mass is 16.5. The van der Waals surface area contributed by atoms with Crippen LogP contribution in [0.3, 0.4) is 0 Å². The molecule has 4 nitrogen and oxygen atoms in total. The first-order valence-electron chi connectivity index (χ1n) is 8.68. The number of hydrogen-bond donors (Lipinski definition) is 1. The van der Waals surface area contributed by atoms with Crippen LogP contribution in [0.1, 0.15) is 31.7 Å². The van der Waals surface area contributed by atoms with Gasteiger partial charge in [0.1, 0.15) is 5.75 Å². The second-order valence-corrected chi connectivity index (χ2v) is 6.11. The molecule has 2 rings (SSSR count). The zero-order valence-electron chi connectivity index (χ0n) is 14.0. The van der Waals surface area contributed by atoms with Gasteiger partial charge in [-0.3, -0.25) is 4.90 Å². The number of nitrogens with zero attached hydrogens (tertiary/aromatic N) is 2. The summed E-state index contributed by atoms with van der Waals surface area (Å²) in [6.07, 6.45) is 3.41. The molecule has 1 aromatic carbocycles. The van der Waals surface area contributed by atoms with Crippen molar-refractivity contribution in [3.8, 4) is 5.75 Å². The van der Waals surface area contributed by atoms with Gasteiger partial charge in [0.2, 0.25) is 0 Å². The minimum absolute atomic E-state index is 0.799. The molecule has 1 heterocycles. The van der Waals surface area contributed by atoms with Crippen LogP contribution < -0.4 is 10.5 Å². The maximum atomic E-state index is 5.71. The molecule has 2 N–H and O–H groups in total. The molecule has 0 bridgehead atoms. The van der Waals surface area contributed by atoms with Crippen LogP contribution in [-0.4, -0.2) is 55.7 Å². The third kappa shape index (κ3) is 5.95. The molecule has 4 heteroatoms. The smallest absolute Gasteiger partial charge is 0.119 e. The van der Waals surface area contributed by atoms with Gasteiger partial charge in [-0.15, -0.1) is 0 Å². The number of ether oxygens (including phenoxy) is 1. The maximum absolute atomic E-state index is 5.71. The number of rotatable bonds is 9. The Labute approximate surface area is 135 Å². The number of nitrogens with two attached hydrogens (primary N) is 1. The van der Waals surface area contributed by atoms with Crippen molar-refractivity contribution >= 4 is 0 Å². The van der Waals surface area contributed by atoms with Crippen LogP contribution in [0.25, 0.3) is 0 Å². The largest absolute Gasteiger partial charge is 0.494 e. The molecule has 0 spiro atoms. The quantitative estimate of drug-likeness (QED) is 0.711. The molecular weight excluding hydrogens is 274 g/mol. The molecule has 0 aromatic heterocycles. The number of benzene rings is 1. The molecule has 0 atom stereocenters. The first-order valence-corrected chi connectivity index (χ1v) is 8.68. The average Bonchev–Trinajstić information content (AvgIpc) is 2.56. The van der Waals surface area contributed by atoms with E-state index in [1.165, 1.54) is 12.0 Å². The molecular formula is C18H31N3O. The molecule has 0 aliphatic carbocycles. The van der Waals surface area contributed by atoms with Crippen LogP contribution in [0, 0.1) is 0 Å². The lowest BCUT2D eigenvalue weighted by atomic mass is 10.2. The normalized spacial score (nSPS) is 16.8. The highest BCUT2D eigenvalue weighted by Crippen LogP contribution is 2.15. The Morgan fingerprint density at radius 2 is 1.68 bits per heavy atom. The number of piperazine rings is 1. The zero-order chi connectivity index (χ0) is 15.6. The van der Waals surface area contributed by atoms with Crippen molar-refractivity contribution < 1.29 is 4.74 Å². The number of unbranched alkanes of at least 4 members (excludes halogenated alkanes) is 1. The first kappa shape index (κ1) is 17.3. The molecule has 1 fully saturated rings. The summed E-state index contributed by atoms with van der Waals surface area (Å²) in [5, 5.41) is 0. The van der Waals surface area contributed by atoms with E-state index in [1.807, 2.05) is 0 Å². The molecule has 0 amide bonds. The Morgan fingerprint density at radius 1 is 1.00 bits per heavy atom. The second kappa shape index (κ2) is 9.82. The van der Waals surface area contributed by atoms with E-state index < -0.39 is 0 Å². The van der Waals surface area contributed by atoms with E-state index in [0.717, 1.165) is 71.0 Å². The summed E-state index contributed by atoms with van der Waals surface area (Å²) < 4.78 is 5.71. The lowest BCUT2D eigenvalue weighted by Gasteiger charge is -2.34. The summed E-state index contributed by atoms with van der Waals surface area (Å²) in [5.74, 6) is 0.990.